The van der Waals surface area contributed by atoms with Gasteiger partial charge in [-0.1, -0.05) is 42.5 Å². The van der Waals surface area contributed by atoms with E-state index in [1.165, 1.54) is 4.90 Å². The molecule has 2 atom stereocenters. The predicted molar refractivity (Wildman–Crippen MR) is 135 cm³/mol. The number of hydrogen-bond acceptors (Lipinski definition) is 5. The van der Waals surface area contributed by atoms with Crippen LogP contribution in [-0.4, -0.2) is 54.4 Å². The molecule has 37 heavy (non-hydrogen) atoms. The van der Waals surface area contributed by atoms with Gasteiger partial charge >= 0.3 is 6.03 Å². The lowest BCUT2D eigenvalue weighted by molar-refractivity contribution is -0.136. The van der Waals surface area contributed by atoms with Crippen molar-refractivity contribution in [1.29, 1.82) is 0 Å². The highest BCUT2D eigenvalue weighted by molar-refractivity contribution is 6.03. The number of nitrogens with one attached hydrogen (secondary N) is 2. The van der Waals surface area contributed by atoms with Gasteiger partial charge in [0.25, 0.3) is 5.91 Å². The monoisotopic (exact) mass is 500 g/mol. The number of carbonyl (C=O) groups is 3. The highest BCUT2D eigenvalue weighted by atomic mass is 16.5. The standard InChI is InChI=1S/C28H28N4O5/c1-31-23-17-32(27(34)24(23)25(30-28(31)35)19-10-12-20(36-2)13-11-19)22(15-18-7-4-3-5-8-18)26(33)29-16-21-9-6-14-37-21/h3-14,22,25H,15-17H2,1-2H3,(H,29,33)(H,30,35)/t22-,25-/m0/s1. The molecule has 0 unspecified atom stereocenters. The normalized spacial score (nSPS) is 17.9. The molecule has 9 heteroatoms. The minimum absolute atomic E-state index is 0.149. The molecule has 1 aromatic heterocycles. The zero-order valence-electron chi connectivity index (χ0n) is 20.6. The first-order valence-corrected chi connectivity index (χ1v) is 12.0. The number of nitrogens with zero attached hydrogens (tertiary/aromatic N) is 2. The third-order valence-corrected chi connectivity index (χ3v) is 6.81. The minimum Gasteiger partial charge on any atom is -0.497 e. The quantitative estimate of drug-likeness (QED) is 0.495. The van der Waals surface area contributed by atoms with Crippen molar-refractivity contribution in [3.8, 4) is 5.75 Å². The lowest BCUT2D eigenvalue weighted by atomic mass is 9.95. The Morgan fingerprint density at radius 3 is 2.54 bits per heavy atom. The second-order valence-electron chi connectivity index (χ2n) is 9.01. The number of benzene rings is 2. The Hall–Kier alpha value is -4.53. The number of carbonyl (C=O) groups excluding carboxylic acids is 3. The Morgan fingerprint density at radius 1 is 1.11 bits per heavy atom. The third-order valence-electron chi connectivity index (χ3n) is 6.81. The Bertz CT molecular complexity index is 1320. The number of urea groups is 1. The summed E-state index contributed by atoms with van der Waals surface area (Å²) in [7, 11) is 3.21. The van der Waals surface area contributed by atoms with Crippen LogP contribution >= 0.6 is 0 Å². The van der Waals surface area contributed by atoms with Crippen LogP contribution < -0.4 is 15.4 Å². The van der Waals surface area contributed by atoms with E-state index in [0.29, 0.717) is 29.2 Å². The molecular formula is C28H28N4O5. The van der Waals surface area contributed by atoms with Crippen molar-refractivity contribution in [3.05, 3.63) is 101 Å². The highest BCUT2D eigenvalue weighted by Gasteiger charge is 2.46. The van der Waals surface area contributed by atoms with E-state index in [0.717, 1.165) is 11.1 Å². The second kappa shape index (κ2) is 10.2. The van der Waals surface area contributed by atoms with Crippen LogP contribution in [0, 0.1) is 0 Å². The van der Waals surface area contributed by atoms with Crippen LogP contribution in [0.25, 0.3) is 0 Å². The molecule has 0 saturated heterocycles. The summed E-state index contributed by atoms with van der Waals surface area (Å²) in [6.07, 6.45) is 1.87. The first-order chi connectivity index (χ1) is 18.0. The first kappa shape index (κ1) is 24.2. The Balaban J connectivity index is 1.45. The molecule has 2 aliphatic rings. The number of likely N-dealkylation sites (N-methyl/N-ethyl adjacent to an activating group) is 1. The van der Waals surface area contributed by atoms with E-state index in [4.69, 9.17) is 9.15 Å². The van der Waals surface area contributed by atoms with Gasteiger partial charge in [0.05, 0.1) is 43.8 Å². The lowest BCUT2D eigenvalue weighted by Crippen LogP contribution is -2.49. The number of ether oxygens (including phenoxy) is 1. The van der Waals surface area contributed by atoms with Gasteiger partial charge in [-0.25, -0.2) is 4.79 Å². The van der Waals surface area contributed by atoms with Crippen molar-refractivity contribution in [2.45, 2.75) is 25.0 Å². The van der Waals surface area contributed by atoms with E-state index in [-0.39, 0.29) is 30.9 Å². The molecule has 0 saturated carbocycles. The maximum absolute atomic E-state index is 13.9. The minimum atomic E-state index is -0.782. The van der Waals surface area contributed by atoms with Gasteiger partial charge in [-0.15, -0.1) is 0 Å². The fourth-order valence-electron chi connectivity index (χ4n) is 4.77. The molecule has 3 heterocycles. The van der Waals surface area contributed by atoms with Gasteiger partial charge in [-0.3, -0.25) is 14.5 Å². The average Bonchev–Trinajstić information content (AvgIpc) is 3.57. The molecule has 2 N–H and O–H groups in total. The van der Waals surface area contributed by atoms with Crippen molar-refractivity contribution < 1.29 is 23.5 Å². The Morgan fingerprint density at radius 2 is 1.86 bits per heavy atom. The van der Waals surface area contributed by atoms with E-state index >= 15 is 0 Å². The fraction of sp³-hybridized carbons (Fsp3) is 0.250. The van der Waals surface area contributed by atoms with Crippen LogP contribution in [-0.2, 0) is 22.6 Å². The van der Waals surface area contributed by atoms with E-state index < -0.39 is 12.1 Å². The molecule has 0 radical (unpaired) electrons. The molecular weight excluding hydrogens is 472 g/mol. The SMILES string of the molecule is COc1ccc([C@@H]2NC(=O)N(C)C3=C2C(=O)N([C@@H](Cc2ccccc2)C(=O)NCc2ccco2)C3)cc1. The molecule has 0 spiro atoms. The van der Waals surface area contributed by atoms with Crippen LogP contribution in [0.4, 0.5) is 4.79 Å². The molecule has 2 aliphatic heterocycles. The predicted octanol–water partition coefficient (Wildman–Crippen LogP) is 3.01. The van der Waals surface area contributed by atoms with E-state index in [1.807, 2.05) is 42.5 Å². The molecule has 0 aliphatic carbocycles. The summed E-state index contributed by atoms with van der Waals surface area (Å²) in [4.78, 5) is 43.2. The number of furan rings is 1. The molecule has 4 amide bonds. The van der Waals surface area contributed by atoms with Crippen LogP contribution in [0.5, 0.6) is 5.75 Å². The second-order valence-corrected chi connectivity index (χ2v) is 9.01. The van der Waals surface area contributed by atoms with E-state index in [1.54, 1.807) is 49.6 Å². The zero-order chi connectivity index (χ0) is 25.9. The summed E-state index contributed by atoms with van der Waals surface area (Å²) in [5.41, 5.74) is 2.73. The summed E-state index contributed by atoms with van der Waals surface area (Å²) in [5.74, 6) is 0.715. The Labute approximate surface area is 214 Å². The van der Waals surface area contributed by atoms with Crippen LogP contribution in [0.2, 0.25) is 0 Å². The van der Waals surface area contributed by atoms with Crippen molar-refractivity contribution in [2.24, 2.45) is 0 Å². The van der Waals surface area contributed by atoms with E-state index in [9.17, 15) is 14.4 Å². The lowest BCUT2D eigenvalue weighted by Gasteiger charge is -2.31. The van der Waals surface area contributed by atoms with Gasteiger partial charge in [-0.05, 0) is 35.4 Å². The van der Waals surface area contributed by atoms with Gasteiger partial charge in [0.1, 0.15) is 17.6 Å². The largest absolute Gasteiger partial charge is 0.497 e. The summed E-state index contributed by atoms with van der Waals surface area (Å²) >= 11 is 0. The average molecular weight is 501 g/mol. The smallest absolute Gasteiger partial charge is 0.322 e. The topological polar surface area (TPSA) is 104 Å². The summed E-state index contributed by atoms with van der Waals surface area (Å²) in [6, 6.07) is 18.6. The number of methoxy groups -OCH3 is 1. The maximum atomic E-state index is 13.9. The van der Waals surface area contributed by atoms with Crippen LogP contribution in [0.1, 0.15) is 22.9 Å². The molecule has 0 fully saturated rings. The molecule has 190 valence electrons. The molecule has 2 aromatic carbocycles. The van der Waals surface area contributed by atoms with Gasteiger partial charge in [0.2, 0.25) is 5.91 Å². The van der Waals surface area contributed by atoms with Gasteiger partial charge in [0.15, 0.2) is 0 Å². The van der Waals surface area contributed by atoms with Crippen molar-refractivity contribution in [1.82, 2.24) is 20.4 Å². The zero-order valence-corrected chi connectivity index (χ0v) is 20.6. The number of hydrogen-bond donors (Lipinski definition) is 2. The fourth-order valence-corrected chi connectivity index (χ4v) is 4.77. The summed E-state index contributed by atoms with van der Waals surface area (Å²) in [6.45, 7) is 0.358. The van der Waals surface area contributed by atoms with Crippen LogP contribution in [0.15, 0.2) is 88.7 Å². The van der Waals surface area contributed by atoms with Gasteiger partial charge in [0, 0.05) is 13.5 Å². The molecule has 5 rings (SSSR count). The van der Waals surface area contributed by atoms with Gasteiger partial charge in [-0.2, -0.15) is 0 Å². The molecule has 9 nitrogen and oxygen atoms in total. The molecule has 0 bridgehead atoms. The number of rotatable bonds is 8. The van der Waals surface area contributed by atoms with Crippen LogP contribution in [0.3, 0.4) is 0 Å². The first-order valence-electron chi connectivity index (χ1n) is 12.0. The highest BCUT2D eigenvalue weighted by Crippen LogP contribution is 2.37. The summed E-state index contributed by atoms with van der Waals surface area (Å²) in [5, 5.41) is 5.84. The van der Waals surface area contributed by atoms with Crippen molar-refractivity contribution in [2.75, 3.05) is 20.7 Å². The number of amides is 4. The van der Waals surface area contributed by atoms with E-state index in [2.05, 4.69) is 10.6 Å². The van der Waals surface area contributed by atoms with Crippen molar-refractivity contribution >= 4 is 17.8 Å². The summed E-state index contributed by atoms with van der Waals surface area (Å²) < 4.78 is 10.6. The maximum Gasteiger partial charge on any atom is 0.322 e. The third kappa shape index (κ3) is 4.80. The van der Waals surface area contributed by atoms with Crippen molar-refractivity contribution in [3.63, 3.8) is 0 Å². The molecule has 3 aromatic rings. The Kier molecular flexibility index (Phi) is 6.68. The van der Waals surface area contributed by atoms with Gasteiger partial charge < -0.3 is 24.7 Å².